The first-order valence-corrected chi connectivity index (χ1v) is 8.04. The molecule has 0 fully saturated rings. The van der Waals surface area contributed by atoms with Crippen LogP contribution in [-0.4, -0.2) is 32.8 Å². The third-order valence-electron chi connectivity index (χ3n) is 3.55. The standard InChI is InChI=1S/C20H21NO5/c1-24-19(22)18(20(23)25-2)14-21-16-8-10-17(11-9-16)26-13-12-15-6-4-3-5-7-15/h3-11,14,21H,12-13H2,1-2H3. The first-order chi connectivity index (χ1) is 12.6. The van der Waals surface area contributed by atoms with Gasteiger partial charge in [0.15, 0.2) is 5.57 Å². The fourth-order valence-corrected chi connectivity index (χ4v) is 2.16. The number of nitrogens with one attached hydrogen (secondary N) is 1. The van der Waals surface area contributed by atoms with Crippen molar-refractivity contribution in [2.45, 2.75) is 6.42 Å². The molecule has 0 radical (unpaired) electrons. The first-order valence-electron chi connectivity index (χ1n) is 8.04. The van der Waals surface area contributed by atoms with E-state index >= 15 is 0 Å². The first kappa shape index (κ1) is 19.1. The van der Waals surface area contributed by atoms with Gasteiger partial charge in [0.2, 0.25) is 0 Å². The molecular formula is C20H21NO5. The van der Waals surface area contributed by atoms with E-state index in [1.807, 2.05) is 18.2 Å². The Morgan fingerprint density at radius 2 is 1.54 bits per heavy atom. The summed E-state index contributed by atoms with van der Waals surface area (Å²) in [5, 5.41) is 2.87. The highest BCUT2D eigenvalue weighted by Crippen LogP contribution is 2.16. The monoisotopic (exact) mass is 355 g/mol. The van der Waals surface area contributed by atoms with Gasteiger partial charge >= 0.3 is 11.9 Å². The Balaban J connectivity index is 1.90. The number of rotatable bonds is 8. The van der Waals surface area contributed by atoms with Crippen LogP contribution in [0.15, 0.2) is 66.4 Å². The van der Waals surface area contributed by atoms with Crippen LogP contribution in [0.25, 0.3) is 0 Å². The molecule has 0 aromatic heterocycles. The van der Waals surface area contributed by atoms with Crippen molar-refractivity contribution in [3.05, 3.63) is 71.9 Å². The van der Waals surface area contributed by atoms with Gasteiger partial charge in [-0.05, 0) is 29.8 Å². The summed E-state index contributed by atoms with van der Waals surface area (Å²) in [6.07, 6.45) is 2.08. The number of anilines is 1. The zero-order valence-electron chi connectivity index (χ0n) is 14.7. The van der Waals surface area contributed by atoms with E-state index in [0.29, 0.717) is 12.3 Å². The second kappa shape index (κ2) is 9.88. The number of hydrogen-bond donors (Lipinski definition) is 1. The topological polar surface area (TPSA) is 73.9 Å². The molecule has 1 N–H and O–H groups in total. The Hall–Kier alpha value is -3.28. The molecule has 2 aromatic rings. The normalized spacial score (nSPS) is 9.77. The van der Waals surface area contributed by atoms with Crippen LogP contribution in [-0.2, 0) is 25.5 Å². The van der Waals surface area contributed by atoms with Gasteiger partial charge in [-0.2, -0.15) is 0 Å². The third kappa shape index (κ3) is 5.66. The van der Waals surface area contributed by atoms with Crippen LogP contribution in [0.3, 0.4) is 0 Å². The van der Waals surface area contributed by atoms with Crippen LogP contribution in [0.5, 0.6) is 5.75 Å². The van der Waals surface area contributed by atoms with Crippen molar-refractivity contribution in [3.63, 3.8) is 0 Å². The summed E-state index contributed by atoms with van der Waals surface area (Å²) in [5.41, 5.74) is 1.68. The van der Waals surface area contributed by atoms with Gasteiger partial charge in [0.05, 0.1) is 20.8 Å². The number of benzene rings is 2. The molecule has 0 amide bonds. The highest BCUT2D eigenvalue weighted by molar-refractivity contribution is 6.14. The summed E-state index contributed by atoms with van der Waals surface area (Å²) < 4.78 is 14.8. The van der Waals surface area contributed by atoms with Gasteiger partial charge < -0.3 is 19.5 Å². The predicted octanol–water partition coefficient (Wildman–Crippen LogP) is 2.95. The fraction of sp³-hybridized carbons (Fsp3) is 0.200. The van der Waals surface area contributed by atoms with E-state index in [1.54, 1.807) is 24.3 Å². The van der Waals surface area contributed by atoms with E-state index in [1.165, 1.54) is 26.0 Å². The van der Waals surface area contributed by atoms with Gasteiger partial charge in [-0.3, -0.25) is 0 Å². The lowest BCUT2D eigenvalue weighted by Crippen LogP contribution is -2.17. The van der Waals surface area contributed by atoms with E-state index in [0.717, 1.165) is 12.2 Å². The van der Waals surface area contributed by atoms with E-state index in [2.05, 4.69) is 26.9 Å². The van der Waals surface area contributed by atoms with Crippen LogP contribution in [0, 0.1) is 0 Å². The molecule has 2 rings (SSSR count). The van der Waals surface area contributed by atoms with Crippen molar-refractivity contribution in [2.75, 3.05) is 26.1 Å². The molecule has 0 bridgehead atoms. The molecule has 0 heterocycles. The average Bonchev–Trinajstić information content (AvgIpc) is 2.69. The summed E-state index contributed by atoms with van der Waals surface area (Å²) in [7, 11) is 2.39. The van der Waals surface area contributed by atoms with Crippen LogP contribution >= 0.6 is 0 Å². The molecule has 0 aliphatic heterocycles. The lowest BCUT2D eigenvalue weighted by molar-refractivity contribution is -0.144. The molecule has 6 heteroatoms. The molecule has 0 atom stereocenters. The molecule has 26 heavy (non-hydrogen) atoms. The summed E-state index contributed by atoms with van der Waals surface area (Å²) in [5.74, 6) is -0.813. The summed E-state index contributed by atoms with van der Waals surface area (Å²) in [6.45, 7) is 0.575. The Bertz CT molecular complexity index is 736. The number of ether oxygens (including phenoxy) is 3. The molecule has 2 aromatic carbocycles. The average molecular weight is 355 g/mol. The van der Waals surface area contributed by atoms with E-state index in [4.69, 9.17) is 4.74 Å². The van der Waals surface area contributed by atoms with Crippen LogP contribution in [0.1, 0.15) is 5.56 Å². The zero-order valence-corrected chi connectivity index (χ0v) is 14.7. The van der Waals surface area contributed by atoms with Gasteiger partial charge in [-0.15, -0.1) is 0 Å². The minimum Gasteiger partial charge on any atom is -0.493 e. The van der Waals surface area contributed by atoms with Gasteiger partial charge in [-0.1, -0.05) is 30.3 Å². The van der Waals surface area contributed by atoms with Crippen LogP contribution in [0.4, 0.5) is 5.69 Å². The molecular weight excluding hydrogens is 334 g/mol. The summed E-state index contributed by atoms with van der Waals surface area (Å²) in [4.78, 5) is 23.1. The highest BCUT2D eigenvalue weighted by atomic mass is 16.5. The largest absolute Gasteiger partial charge is 0.493 e. The SMILES string of the molecule is COC(=O)C(=CNc1ccc(OCCc2ccccc2)cc1)C(=O)OC. The van der Waals surface area contributed by atoms with Crippen molar-refractivity contribution >= 4 is 17.6 Å². The van der Waals surface area contributed by atoms with E-state index < -0.39 is 11.9 Å². The van der Waals surface area contributed by atoms with Gasteiger partial charge in [0.1, 0.15) is 5.75 Å². The van der Waals surface area contributed by atoms with Crippen molar-refractivity contribution < 1.29 is 23.8 Å². The number of methoxy groups -OCH3 is 2. The Labute approximate surface area is 152 Å². The second-order valence-electron chi connectivity index (χ2n) is 5.29. The minimum absolute atomic E-state index is 0.224. The van der Waals surface area contributed by atoms with Crippen LogP contribution in [0.2, 0.25) is 0 Å². The minimum atomic E-state index is -0.773. The van der Waals surface area contributed by atoms with Crippen molar-refractivity contribution in [1.82, 2.24) is 0 Å². The van der Waals surface area contributed by atoms with Crippen molar-refractivity contribution in [3.8, 4) is 5.75 Å². The second-order valence-corrected chi connectivity index (χ2v) is 5.29. The molecule has 0 spiro atoms. The van der Waals surface area contributed by atoms with Gasteiger partial charge in [0, 0.05) is 18.3 Å². The van der Waals surface area contributed by atoms with E-state index in [-0.39, 0.29) is 5.57 Å². The molecule has 0 unspecified atom stereocenters. The summed E-state index contributed by atoms with van der Waals surface area (Å²) in [6, 6.07) is 17.3. The number of carbonyl (C=O) groups is 2. The lowest BCUT2D eigenvalue weighted by Gasteiger charge is -2.08. The van der Waals surface area contributed by atoms with E-state index in [9.17, 15) is 9.59 Å². The zero-order chi connectivity index (χ0) is 18.8. The van der Waals surface area contributed by atoms with Gasteiger partial charge in [-0.25, -0.2) is 9.59 Å². The third-order valence-corrected chi connectivity index (χ3v) is 3.55. The molecule has 0 saturated heterocycles. The lowest BCUT2D eigenvalue weighted by atomic mass is 10.2. The maximum absolute atomic E-state index is 11.6. The molecule has 0 aliphatic rings. The molecule has 0 saturated carbocycles. The number of carbonyl (C=O) groups excluding carboxylic acids is 2. The predicted molar refractivity (Wildman–Crippen MR) is 97.8 cm³/mol. The quantitative estimate of drug-likeness (QED) is 0.340. The fourth-order valence-electron chi connectivity index (χ4n) is 2.16. The number of esters is 2. The Morgan fingerprint density at radius 1 is 0.923 bits per heavy atom. The maximum atomic E-state index is 11.6. The Kier molecular flexibility index (Phi) is 7.24. The summed E-state index contributed by atoms with van der Waals surface area (Å²) >= 11 is 0. The molecule has 136 valence electrons. The molecule has 0 aliphatic carbocycles. The van der Waals surface area contributed by atoms with Crippen LogP contribution < -0.4 is 10.1 Å². The van der Waals surface area contributed by atoms with Gasteiger partial charge in [0.25, 0.3) is 0 Å². The Morgan fingerprint density at radius 3 is 2.12 bits per heavy atom. The molecule has 6 nitrogen and oxygen atoms in total. The maximum Gasteiger partial charge on any atom is 0.346 e. The smallest absolute Gasteiger partial charge is 0.346 e. The number of hydrogen-bond acceptors (Lipinski definition) is 6. The van der Waals surface area contributed by atoms with Crippen molar-refractivity contribution in [2.24, 2.45) is 0 Å². The highest BCUT2D eigenvalue weighted by Gasteiger charge is 2.19. The van der Waals surface area contributed by atoms with Crippen molar-refractivity contribution in [1.29, 1.82) is 0 Å².